The number of para-hydroxylation sites is 1. The normalized spacial score (nSPS) is 11.8. The molecular weight excluding hydrogens is 989 g/mol. The van der Waals surface area contributed by atoms with Crippen molar-refractivity contribution in [3.05, 3.63) is 170 Å². The summed E-state index contributed by atoms with van der Waals surface area (Å²) >= 11 is 37.6. The summed E-state index contributed by atoms with van der Waals surface area (Å²) in [6.45, 7) is 0. The molecule has 0 amide bonds. The molecule has 1 atom stereocenters. The van der Waals surface area contributed by atoms with Crippen molar-refractivity contribution in [2.75, 3.05) is 0 Å². The fourth-order valence-electron chi connectivity index (χ4n) is 7.23. The van der Waals surface area contributed by atoms with Crippen molar-refractivity contribution in [2.45, 2.75) is 12.3 Å². The lowest BCUT2D eigenvalue weighted by Crippen LogP contribution is -2.12. The lowest BCUT2D eigenvalue weighted by atomic mass is 9.82. The number of ketones is 3. The van der Waals surface area contributed by atoms with Crippen LogP contribution < -0.4 is 0 Å². The molecule has 0 bridgehead atoms. The Kier molecular flexibility index (Phi) is 12.3. The maximum absolute atomic E-state index is 14.4. The minimum atomic E-state index is -1.48. The van der Waals surface area contributed by atoms with E-state index in [9.17, 15) is 50.1 Å². The third-order valence-corrected chi connectivity index (χ3v) is 13.3. The highest BCUT2D eigenvalue weighted by atomic mass is 35.5. The van der Waals surface area contributed by atoms with Crippen molar-refractivity contribution >= 4 is 98.3 Å². The van der Waals surface area contributed by atoms with Crippen LogP contribution in [0.3, 0.4) is 0 Å². The third-order valence-electron chi connectivity index (χ3n) is 10.4. The summed E-state index contributed by atoms with van der Waals surface area (Å²) in [5.41, 5.74) is -2.93. The molecule has 4 aromatic carbocycles. The maximum atomic E-state index is 14.4. The van der Waals surface area contributed by atoms with Crippen molar-refractivity contribution in [3.8, 4) is 50.8 Å². The molecule has 0 saturated carbocycles. The molecule has 1 unspecified atom stereocenters. The maximum Gasteiger partial charge on any atom is 0.216 e. The number of hydrogen-bond acceptors (Lipinski definition) is 12. The van der Waals surface area contributed by atoms with Crippen LogP contribution in [-0.4, -0.2) is 73.0 Å². The average molecular weight is 1020 g/mol. The first-order chi connectivity index (χ1) is 30.9. The second-order valence-corrected chi connectivity index (χ2v) is 17.5. The molecule has 10 N–H and O–H groups in total. The summed E-state index contributed by atoms with van der Waals surface area (Å²) < 4.78 is 0. The Hall–Kier alpha value is -6.30. The fraction of sp³-hybridized carbons (Fsp3) is 0.0455. The fourth-order valence-corrected chi connectivity index (χ4v) is 9.04. The number of nitrogens with one attached hydrogen (secondary N) is 3. The predicted octanol–water partition coefficient (Wildman–Crippen LogP) is 11.1. The quantitative estimate of drug-likeness (QED) is 0.0515. The zero-order valence-corrected chi connectivity index (χ0v) is 37.6. The number of H-pyrrole nitrogens is 3. The lowest BCUT2D eigenvalue weighted by Gasteiger charge is -2.23. The van der Waals surface area contributed by atoms with Crippen molar-refractivity contribution in [1.29, 1.82) is 0 Å². The summed E-state index contributed by atoms with van der Waals surface area (Å²) in [6, 6.07) is 15.7. The van der Waals surface area contributed by atoms with Crippen molar-refractivity contribution in [2.24, 2.45) is 0 Å². The van der Waals surface area contributed by atoms with Gasteiger partial charge in [0.15, 0.2) is 0 Å². The monoisotopic (exact) mass is 1010 g/mol. The number of rotatable bonds is 12. The van der Waals surface area contributed by atoms with Gasteiger partial charge in [0.25, 0.3) is 0 Å². The first kappa shape index (κ1) is 45.3. The molecule has 8 aromatic rings. The molecule has 330 valence electrons. The zero-order valence-electron chi connectivity index (χ0n) is 32.3. The van der Waals surface area contributed by atoms with Crippen LogP contribution in [0.15, 0.2) is 78.2 Å². The number of nitrogens with zero attached hydrogens (tertiary/aromatic N) is 1. The number of aromatic amines is 3. The van der Waals surface area contributed by atoms with Crippen LogP contribution in [0.25, 0.3) is 10.6 Å². The van der Waals surface area contributed by atoms with Crippen molar-refractivity contribution in [1.82, 2.24) is 19.9 Å². The van der Waals surface area contributed by atoms with E-state index in [1.54, 1.807) is 18.2 Å². The molecule has 0 radical (unpaired) electrons. The van der Waals surface area contributed by atoms with Crippen LogP contribution >= 0.6 is 80.9 Å². The second kappa shape index (κ2) is 17.6. The van der Waals surface area contributed by atoms with Gasteiger partial charge in [-0.25, -0.2) is 4.98 Å². The van der Waals surface area contributed by atoms with Gasteiger partial charge in [0.05, 0.1) is 49.3 Å². The van der Waals surface area contributed by atoms with Crippen LogP contribution in [0.2, 0.25) is 30.5 Å². The Bertz CT molecular complexity index is 3230. The first-order valence-electron chi connectivity index (χ1n) is 18.5. The molecule has 0 aliphatic rings. The number of benzene rings is 4. The predicted molar refractivity (Wildman–Crippen MR) is 245 cm³/mol. The van der Waals surface area contributed by atoms with E-state index in [0.29, 0.717) is 5.56 Å². The number of carbonyl (C=O) groups excluding carboxylic acids is 3. The van der Waals surface area contributed by atoms with Gasteiger partial charge >= 0.3 is 0 Å². The SMILES string of the molecule is O=C(c1cc(Cl)c(Cl)[nH]1)c1c(O)ccc(Cc2cc(C(c3csc(-c4ccccc4O)n3)c3ccc(O)c(C(=O)c4cc(Cl)c(Cl)[nH]4)c3O)c(O)c(C(=O)c3cc(Cl)c(Cl)[nH]3)c2O)c1O. The Morgan fingerprint density at radius 1 is 0.538 bits per heavy atom. The number of aromatic hydroxyl groups is 7. The zero-order chi connectivity index (χ0) is 46.8. The topological polar surface area (TPSA) is 253 Å². The molecule has 0 aliphatic heterocycles. The van der Waals surface area contributed by atoms with Crippen LogP contribution in [0.1, 0.15) is 82.0 Å². The highest BCUT2D eigenvalue weighted by Gasteiger charge is 2.35. The molecule has 8 rings (SSSR count). The van der Waals surface area contributed by atoms with Gasteiger partial charge < -0.3 is 50.7 Å². The molecule has 4 aromatic heterocycles. The van der Waals surface area contributed by atoms with E-state index >= 15 is 0 Å². The van der Waals surface area contributed by atoms with E-state index in [-0.39, 0.29) is 86.3 Å². The van der Waals surface area contributed by atoms with Gasteiger partial charge in [-0.1, -0.05) is 93.9 Å². The Labute approximate surface area is 399 Å². The summed E-state index contributed by atoms with van der Waals surface area (Å²) in [5.74, 6) is -9.07. The van der Waals surface area contributed by atoms with Gasteiger partial charge in [-0.3, -0.25) is 14.4 Å². The smallest absolute Gasteiger partial charge is 0.216 e. The summed E-state index contributed by atoms with van der Waals surface area (Å²) in [7, 11) is 0. The van der Waals surface area contributed by atoms with Crippen molar-refractivity contribution < 1.29 is 50.1 Å². The minimum Gasteiger partial charge on any atom is -0.507 e. The average Bonchev–Trinajstić information content (AvgIpc) is 4.05. The lowest BCUT2D eigenvalue weighted by molar-refractivity contribution is 0.102. The molecule has 0 aliphatic carbocycles. The van der Waals surface area contributed by atoms with Crippen molar-refractivity contribution in [3.63, 3.8) is 0 Å². The molecule has 65 heavy (non-hydrogen) atoms. The Balaban J connectivity index is 1.38. The van der Waals surface area contributed by atoms with E-state index in [2.05, 4.69) is 15.0 Å². The summed E-state index contributed by atoms with van der Waals surface area (Å²) in [5, 5.41) is 81.9. The summed E-state index contributed by atoms with van der Waals surface area (Å²) in [4.78, 5) is 54.4. The largest absolute Gasteiger partial charge is 0.507 e. The molecule has 4 heterocycles. The van der Waals surface area contributed by atoms with E-state index < -0.39 is 80.9 Å². The molecule has 0 spiro atoms. The van der Waals surface area contributed by atoms with Gasteiger partial charge in [-0.15, -0.1) is 11.3 Å². The van der Waals surface area contributed by atoms with Gasteiger partial charge in [0.2, 0.25) is 17.3 Å². The third kappa shape index (κ3) is 8.21. The standard InChI is InChI=1S/C44H26Cl6N4O10S/c45-20-11-23(51-41(20)48)38(62)31-28(56)7-5-15(34(31)58)9-16-10-19(37(61)33(35(16)59)40(64)25-13-22(47)43(50)53-25)30(26-14-65-44(54-26)17-3-1-2-4-27(17)55)18-6-8-29(57)32(36(18)60)39(63)24-12-21(46)42(49)52-24/h1-8,10-14,30,51-53,55-61H,9H2. The van der Waals surface area contributed by atoms with Gasteiger partial charge in [-0.05, 0) is 59.7 Å². The molecule has 14 nitrogen and oxygen atoms in total. The van der Waals surface area contributed by atoms with E-state index in [1.807, 2.05) is 0 Å². The van der Waals surface area contributed by atoms with Crippen LogP contribution in [-0.2, 0) is 6.42 Å². The van der Waals surface area contributed by atoms with E-state index in [0.717, 1.165) is 29.5 Å². The minimum absolute atomic E-state index is 0.00913. The van der Waals surface area contributed by atoms with Gasteiger partial charge in [0, 0.05) is 22.9 Å². The Morgan fingerprint density at radius 3 is 1.54 bits per heavy atom. The second-order valence-electron chi connectivity index (χ2n) is 14.3. The van der Waals surface area contributed by atoms with E-state index in [4.69, 9.17) is 74.6 Å². The molecule has 0 fully saturated rings. The number of phenols is 7. The van der Waals surface area contributed by atoms with Crippen LogP contribution in [0.4, 0.5) is 0 Å². The van der Waals surface area contributed by atoms with Gasteiger partial charge in [-0.2, -0.15) is 0 Å². The number of halogens is 6. The first-order valence-corrected chi connectivity index (χ1v) is 21.7. The summed E-state index contributed by atoms with van der Waals surface area (Å²) in [6.07, 6.45) is -0.503. The van der Waals surface area contributed by atoms with Gasteiger partial charge in [0.1, 0.15) is 77.4 Å². The molecule has 21 heteroatoms. The number of carbonyl (C=O) groups is 3. The number of hydrogen-bond donors (Lipinski definition) is 10. The Morgan fingerprint density at radius 2 is 1.02 bits per heavy atom. The number of phenolic OH excluding ortho intramolecular Hbond substituents is 7. The molecular formula is C44H26Cl6N4O10S. The van der Waals surface area contributed by atoms with E-state index in [1.165, 1.54) is 41.8 Å². The van der Waals surface area contributed by atoms with Crippen LogP contribution in [0, 0.1) is 0 Å². The highest BCUT2D eigenvalue weighted by Crippen LogP contribution is 2.50. The number of thiazole rings is 1. The highest BCUT2D eigenvalue weighted by molar-refractivity contribution is 7.13. The van der Waals surface area contributed by atoms with Crippen LogP contribution in [0.5, 0.6) is 40.2 Å². The number of aromatic nitrogens is 4. The molecule has 0 saturated heterocycles.